The fraction of sp³-hybridized carbons (Fsp3) is 0.222. The van der Waals surface area contributed by atoms with E-state index in [0.717, 1.165) is 15.8 Å². The van der Waals surface area contributed by atoms with Crippen molar-refractivity contribution in [3.63, 3.8) is 0 Å². The second kappa shape index (κ2) is 11.3. The van der Waals surface area contributed by atoms with Crippen molar-refractivity contribution in [3.05, 3.63) is 111 Å². The van der Waals surface area contributed by atoms with Crippen molar-refractivity contribution in [1.82, 2.24) is 4.57 Å². The molecule has 0 spiro atoms. The van der Waals surface area contributed by atoms with E-state index in [1.165, 1.54) is 10.6 Å². The molecule has 0 bridgehead atoms. The number of aryl methyl sites for hydroxylation is 1. The molecule has 0 N–H and O–H groups in total. The molecular formula is C27H24BrN3O6S. The molecule has 11 heteroatoms. The molecule has 0 fully saturated rings. The molecule has 4 rings (SSSR count). The molecule has 1 aromatic heterocycles. The van der Waals surface area contributed by atoms with Gasteiger partial charge < -0.3 is 9.47 Å². The lowest BCUT2D eigenvalue weighted by molar-refractivity contribution is -0.385. The highest BCUT2D eigenvalue weighted by atomic mass is 79.9. The predicted molar refractivity (Wildman–Crippen MR) is 148 cm³/mol. The number of benzene rings is 2. The van der Waals surface area contributed by atoms with Crippen LogP contribution < -0.4 is 19.6 Å². The zero-order valence-electron chi connectivity index (χ0n) is 20.9. The van der Waals surface area contributed by atoms with Crippen molar-refractivity contribution < 1.29 is 19.2 Å². The number of hydrogen-bond donors (Lipinski definition) is 0. The van der Waals surface area contributed by atoms with Gasteiger partial charge in [-0.05, 0) is 50.6 Å². The number of thiazole rings is 1. The van der Waals surface area contributed by atoms with Gasteiger partial charge in [-0.1, -0.05) is 52.1 Å². The highest BCUT2D eigenvalue weighted by Gasteiger charge is 2.34. The maximum atomic E-state index is 13.8. The number of hydrogen-bond acceptors (Lipinski definition) is 8. The highest BCUT2D eigenvalue weighted by molar-refractivity contribution is 9.10. The number of carbonyl (C=O) groups excluding carboxylic acids is 1. The smallest absolute Gasteiger partial charge is 0.338 e. The summed E-state index contributed by atoms with van der Waals surface area (Å²) in [5, 5.41) is 11.7. The van der Waals surface area contributed by atoms with Crippen molar-refractivity contribution in [2.45, 2.75) is 26.8 Å². The molecule has 0 unspecified atom stereocenters. The Morgan fingerprint density at radius 3 is 2.74 bits per heavy atom. The molecule has 1 aliphatic heterocycles. The van der Waals surface area contributed by atoms with Crippen molar-refractivity contribution in [3.8, 4) is 5.75 Å². The number of ether oxygens (including phenoxy) is 2. The number of fused-ring (bicyclic) bond motifs is 1. The molecule has 9 nitrogen and oxygen atoms in total. The summed E-state index contributed by atoms with van der Waals surface area (Å²) in [5.74, 6) is -0.0728. The molecule has 1 aliphatic rings. The zero-order chi connectivity index (χ0) is 27.6. The van der Waals surface area contributed by atoms with E-state index < -0.39 is 22.5 Å². The van der Waals surface area contributed by atoms with Crippen LogP contribution in [0.25, 0.3) is 6.08 Å². The number of nitrogens with zero attached hydrogens (tertiary/aromatic N) is 3. The van der Waals surface area contributed by atoms with Crippen LogP contribution in [0, 0.1) is 17.0 Å². The van der Waals surface area contributed by atoms with Gasteiger partial charge in [-0.15, -0.1) is 0 Å². The summed E-state index contributed by atoms with van der Waals surface area (Å²) >= 11 is 4.61. The third-order valence-corrected chi connectivity index (χ3v) is 7.35. The second-order valence-electron chi connectivity index (χ2n) is 8.39. The van der Waals surface area contributed by atoms with Gasteiger partial charge >= 0.3 is 5.97 Å². The maximum Gasteiger partial charge on any atom is 0.338 e. The molecule has 0 aliphatic carbocycles. The third-order valence-electron chi connectivity index (χ3n) is 5.88. The normalized spacial score (nSPS) is 15.1. The summed E-state index contributed by atoms with van der Waals surface area (Å²) in [6, 6.07) is 9.16. The lowest BCUT2D eigenvalue weighted by Crippen LogP contribution is -2.40. The van der Waals surface area contributed by atoms with Gasteiger partial charge in [-0.25, -0.2) is 9.79 Å². The van der Waals surface area contributed by atoms with Gasteiger partial charge in [-0.3, -0.25) is 19.5 Å². The van der Waals surface area contributed by atoms with E-state index in [1.807, 2.05) is 12.1 Å². The number of nitro groups is 1. The van der Waals surface area contributed by atoms with Crippen LogP contribution in [0.3, 0.4) is 0 Å². The average Bonchev–Trinajstić information content (AvgIpc) is 3.17. The first kappa shape index (κ1) is 27.2. The Hall–Kier alpha value is -3.83. The van der Waals surface area contributed by atoms with Crippen LogP contribution >= 0.6 is 27.3 Å². The third kappa shape index (κ3) is 5.25. The van der Waals surface area contributed by atoms with E-state index in [4.69, 9.17) is 9.47 Å². The molecule has 38 heavy (non-hydrogen) atoms. The molecule has 1 atom stereocenters. The van der Waals surface area contributed by atoms with E-state index >= 15 is 0 Å². The average molecular weight is 598 g/mol. The lowest BCUT2D eigenvalue weighted by Gasteiger charge is -2.24. The number of nitro benzene ring substituents is 1. The minimum absolute atomic E-state index is 0.111. The highest BCUT2D eigenvalue weighted by Crippen LogP contribution is 2.33. The first-order valence-corrected chi connectivity index (χ1v) is 13.2. The molecule has 0 saturated heterocycles. The summed E-state index contributed by atoms with van der Waals surface area (Å²) in [6.07, 6.45) is 3.32. The topological polar surface area (TPSA) is 113 Å². The summed E-state index contributed by atoms with van der Waals surface area (Å²) in [4.78, 5) is 43.0. The van der Waals surface area contributed by atoms with Crippen LogP contribution in [0.5, 0.6) is 5.75 Å². The first-order valence-electron chi connectivity index (χ1n) is 11.6. The van der Waals surface area contributed by atoms with Gasteiger partial charge in [0.1, 0.15) is 12.4 Å². The standard InChI is InChI=1S/C27H24BrN3O6S/c1-5-11-37-21-10-9-19(28)12-18(21)14-22-25(32)30-24(17-8-7-15(3)20(13-17)31(34)35)23(26(33)36-6-2)16(4)29-27(30)38-22/h5,7-10,12-14,24H,1,6,11H2,2-4H3/b22-14+/t24-/m0/s1. The summed E-state index contributed by atoms with van der Waals surface area (Å²) in [5.41, 5.74) is 1.56. The van der Waals surface area contributed by atoms with Gasteiger partial charge in [0.05, 0.1) is 33.4 Å². The number of aromatic nitrogens is 1. The SMILES string of the molecule is C=CCOc1ccc(Br)cc1/C=c1/sc2n(c1=O)[C@@H](c1ccc(C)c([N+](=O)[O-])c1)C(C(=O)OCC)=C(C)N=2. The van der Waals surface area contributed by atoms with Crippen LogP contribution in [-0.2, 0) is 9.53 Å². The second-order valence-corrected chi connectivity index (χ2v) is 10.3. The van der Waals surface area contributed by atoms with Crippen LogP contribution in [0.15, 0.2) is 74.6 Å². The van der Waals surface area contributed by atoms with Gasteiger partial charge in [0.25, 0.3) is 11.2 Å². The largest absolute Gasteiger partial charge is 0.489 e. The lowest BCUT2D eigenvalue weighted by atomic mass is 9.94. The van der Waals surface area contributed by atoms with Crippen LogP contribution in [0.4, 0.5) is 5.69 Å². The number of esters is 1. The van der Waals surface area contributed by atoms with Crippen molar-refractivity contribution >= 4 is 45.0 Å². The molecule has 2 heterocycles. The van der Waals surface area contributed by atoms with E-state index in [0.29, 0.717) is 37.5 Å². The van der Waals surface area contributed by atoms with Crippen LogP contribution in [-0.4, -0.2) is 28.7 Å². The van der Waals surface area contributed by atoms with E-state index in [2.05, 4.69) is 27.5 Å². The number of rotatable bonds is 8. The van der Waals surface area contributed by atoms with Gasteiger partial charge in [0, 0.05) is 21.7 Å². The summed E-state index contributed by atoms with van der Waals surface area (Å²) < 4.78 is 13.6. The monoisotopic (exact) mass is 597 g/mol. The number of carbonyl (C=O) groups is 1. The quantitative estimate of drug-likeness (QED) is 0.165. The predicted octanol–water partition coefficient (Wildman–Crippen LogP) is 4.34. The van der Waals surface area contributed by atoms with E-state index in [9.17, 15) is 19.7 Å². The van der Waals surface area contributed by atoms with E-state index in [-0.39, 0.29) is 24.5 Å². The molecule has 0 saturated carbocycles. The summed E-state index contributed by atoms with van der Waals surface area (Å²) in [7, 11) is 0. The fourth-order valence-electron chi connectivity index (χ4n) is 4.15. The van der Waals surface area contributed by atoms with Gasteiger partial charge in [0.2, 0.25) is 0 Å². The molecule has 196 valence electrons. The van der Waals surface area contributed by atoms with Gasteiger partial charge in [-0.2, -0.15) is 0 Å². The Kier molecular flexibility index (Phi) is 8.08. The zero-order valence-corrected chi connectivity index (χ0v) is 23.3. The van der Waals surface area contributed by atoms with E-state index in [1.54, 1.807) is 51.1 Å². The Morgan fingerprint density at radius 1 is 1.29 bits per heavy atom. The number of halogens is 1. The Morgan fingerprint density at radius 2 is 2.05 bits per heavy atom. The number of allylic oxidation sites excluding steroid dienone is 1. The molecule has 0 amide bonds. The first-order chi connectivity index (χ1) is 18.2. The summed E-state index contributed by atoms with van der Waals surface area (Å²) in [6.45, 7) is 9.06. The van der Waals surface area contributed by atoms with Crippen molar-refractivity contribution in [2.75, 3.05) is 13.2 Å². The minimum Gasteiger partial charge on any atom is -0.489 e. The van der Waals surface area contributed by atoms with Crippen LogP contribution in [0.2, 0.25) is 0 Å². The Balaban J connectivity index is 1.98. The Labute approximate surface area is 230 Å². The molecule has 2 aromatic carbocycles. The molecule has 3 aromatic rings. The van der Waals surface area contributed by atoms with Gasteiger partial charge in [0.15, 0.2) is 4.80 Å². The Bertz CT molecular complexity index is 1670. The van der Waals surface area contributed by atoms with Crippen molar-refractivity contribution in [1.29, 1.82) is 0 Å². The fourth-order valence-corrected chi connectivity index (χ4v) is 5.57. The molecular weight excluding hydrogens is 574 g/mol. The van der Waals surface area contributed by atoms with Crippen molar-refractivity contribution in [2.24, 2.45) is 4.99 Å². The maximum absolute atomic E-state index is 13.8. The minimum atomic E-state index is -0.953. The molecule has 0 radical (unpaired) electrons. The van der Waals surface area contributed by atoms with Crippen LogP contribution in [0.1, 0.15) is 36.6 Å².